The molecule has 1 aliphatic heterocycles. The van der Waals surface area contributed by atoms with E-state index in [2.05, 4.69) is 22.2 Å². The number of nitrogens with one attached hydrogen (secondary N) is 1. The highest BCUT2D eigenvalue weighted by atomic mass is 16.2. The maximum atomic E-state index is 11.9. The van der Waals surface area contributed by atoms with E-state index in [1.807, 2.05) is 4.90 Å². The van der Waals surface area contributed by atoms with E-state index < -0.39 is 0 Å². The summed E-state index contributed by atoms with van der Waals surface area (Å²) < 4.78 is 0. The molecule has 1 saturated heterocycles. The van der Waals surface area contributed by atoms with Gasteiger partial charge in [0, 0.05) is 13.1 Å². The predicted octanol–water partition coefficient (Wildman–Crippen LogP) is 1.74. The molecule has 1 unspecified atom stereocenters. The van der Waals surface area contributed by atoms with E-state index in [1.165, 1.54) is 12.7 Å². The standard InChI is InChI=1S/C11H16N4O/c1-9-3-2-4-15(7-9)11(16)14-10-5-12-8-13-6-10/h5-6,8-9H,2-4,7H2,1H3,(H,14,16). The molecule has 0 aromatic carbocycles. The monoisotopic (exact) mass is 220 g/mol. The number of urea groups is 1. The van der Waals surface area contributed by atoms with Gasteiger partial charge in [-0.2, -0.15) is 0 Å². The quantitative estimate of drug-likeness (QED) is 0.784. The summed E-state index contributed by atoms with van der Waals surface area (Å²) in [6.07, 6.45) is 6.92. The molecule has 5 nitrogen and oxygen atoms in total. The van der Waals surface area contributed by atoms with Gasteiger partial charge in [-0.05, 0) is 18.8 Å². The number of likely N-dealkylation sites (tertiary alicyclic amines) is 1. The van der Waals surface area contributed by atoms with Crippen LogP contribution in [0.1, 0.15) is 19.8 Å². The summed E-state index contributed by atoms with van der Waals surface area (Å²) in [6, 6.07) is -0.0543. The summed E-state index contributed by atoms with van der Waals surface area (Å²) in [6.45, 7) is 3.84. The number of rotatable bonds is 1. The van der Waals surface area contributed by atoms with Gasteiger partial charge < -0.3 is 10.2 Å². The molecule has 5 heteroatoms. The van der Waals surface area contributed by atoms with Gasteiger partial charge in [0.15, 0.2) is 0 Å². The van der Waals surface area contributed by atoms with Crippen LogP contribution < -0.4 is 5.32 Å². The summed E-state index contributed by atoms with van der Waals surface area (Å²) in [4.78, 5) is 21.4. The van der Waals surface area contributed by atoms with Crippen LogP contribution >= 0.6 is 0 Å². The van der Waals surface area contributed by atoms with Crippen LogP contribution in [0, 0.1) is 5.92 Å². The number of amides is 2. The van der Waals surface area contributed by atoms with E-state index in [0.717, 1.165) is 19.5 Å². The Hall–Kier alpha value is -1.65. The number of piperidine rings is 1. The highest BCUT2D eigenvalue weighted by Gasteiger charge is 2.20. The van der Waals surface area contributed by atoms with Crippen molar-refractivity contribution in [1.29, 1.82) is 0 Å². The number of nitrogens with zero attached hydrogens (tertiary/aromatic N) is 3. The van der Waals surface area contributed by atoms with Crippen LogP contribution in [-0.4, -0.2) is 34.0 Å². The second-order valence-corrected chi connectivity index (χ2v) is 4.25. The lowest BCUT2D eigenvalue weighted by molar-refractivity contribution is 0.182. The number of anilines is 1. The molecule has 0 spiro atoms. The molecule has 2 rings (SSSR count). The molecule has 0 aliphatic carbocycles. The Balaban J connectivity index is 1.93. The Labute approximate surface area is 94.9 Å². The first-order valence-corrected chi connectivity index (χ1v) is 5.56. The summed E-state index contributed by atoms with van der Waals surface area (Å²) in [7, 11) is 0. The van der Waals surface area contributed by atoms with Crippen LogP contribution in [0.5, 0.6) is 0 Å². The van der Waals surface area contributed by atoms with Crippen molar-refractivity contribution >= 4 is 11.7 Å². The smallest absolute Gasteiger partial charge is 0.321 e. The van der Waals surface area contributed by atoms with Crippen LogP contribution in [0.15, 0.2) is 18.7 Å². The molecule has 16 heavy (non-hydrogen) atoms. The molecule has 0 bridgehead atoms. The summed E-state index contributed by atoms with van der Waals surface area (Å²) in [5.41, 5.74) is 0.644. The molecule has 1 aromatic heterocycles. The van der Waals surface area contributed by atoms with Crippen LogP contribution in [-0.2, 0) is 0 Å². The third-order valence-electron chi connectivity index (χ3n) is 2.76. The molecule has 2 amide bonds. The van der Waals surface area contributed by atoms with E-state index in [4.69, 9.17) is 0 Å². The maximum absolute atomic E-state index is 11.9. The van der Waals surface area contributed by atoms with Crippen LogP contribution in [0.25, 0.3) is 0 Å². The largest absolute Gasteiger partial charge is 0.324 e. The normalized spacial score (nSPS) is 20.6. The SMILES string of the molecule is CC1CCCN(C(=O)Nc2cncnc2)C1. The fourth-order valence-electron chi connectivity index (χ4n) is 1.94. The Bertz CT molecular complexity index is 354. The van der Waals surface area contributed by atoms with Crippen molar-refractivity contribution in [1.82, 2.24) is 14.9 Å². The van der Waals surface area contributed by atoms with E-state index in [9.17, 15) is 4.79 Å². The van der Waals surface area contributed by atoms with Gasteiger partial charge in [-0.1, -0.05) is 6.92 Å². The first-order chi connectivity index (χ1) is 7.75. The molecule has 1 N–H and O–H groups in total. The van der Waals surface area contributed by atoms with Crippen molar-refractivity contribution in [2.75, 3.05) is 18.4 Å². The van der Waals surface area contributed by atoms with E-state index in [0.29, 0.717) is 11.6 Å². The molecule has 0 radical (unpaired) electrons. The molecule has 86 valence electrons. The second-order valence-electron chi connectivity index (χ2n) is 4.25. The number of hydrogen-bond donors (Lipinski definition) is 1. The van der Waals surface area contributed by atoms with Gasteiger partial charge in [-0.25, -0.2) is 14.8 Å². The Morgan fingerprint density at radius 2 is 2.25 bits per heavy atom. The minimum absolute atomic E-state index is 0.0543. The van der Waals surface area contributed by atoms with Crippen LogP contribution in [0.3, 0.4) is 0 Å². The predicted molar refractivity (Wildman–Crippen MR) is 61.0 cm³/mol. The third kappa shape index (κ3) is 2.68. The zero-order valence-electron chi connectivity index (χ0n) is 9.39. The number of aromatic nitrogens is 2. The van der Waals surface area contributed by atoms with Gasteiger partial charge in [0.1, 0.15) is 6.33 Å². The van der Waals surface area contributed by atoms with Crippen molar-refractivity contribution in [3.63, 3.8) is 0 Å². The minimum Gasteiger partial charge on any atom is -0.324 e. The highest BCUT2D eigenvalue weighted by molar-refractivity contribution is 5.88. The molecule has 1 aromatic rings. The average Bonchev–Trinajstić information content (AvgIpc) is 2.30. The van der Waals surface area contributed by atoms with Gasteiger partial charge >= 0.3 is 6.03 Å². The van der Waals surface area contributed by atoms with Crippen LogP contribution in [0.4, 0.5) is 10.5 Å². The summed E-state index contributed by atoms with van der Waals surface area (Å²) in [5.74, 6) is 0.589. The lowest BCUT2D eigenvalue weighted by Gasteiger charge is -2.30. The molecule has 1 fully saturated rings. The Morgan fingerprint density at radius 1 is 1.50 bits per heavy atom. The van der Waals surface area contributed by atoms with E-state index in [-0.39, 0.29) is 6.03 Å². The minimum atomic E-state index is -0.0543. The highest BCUT2D eigenvalue weighted by Crippen LogP contribution is 2.16. The fraction of sp³-hybridized carbons (Fsp3) is 0.545. The summed E-state index contributed by atoms with van der Waals surface area (Å²) in [5, 5.41) is 2.79. The zero-order chi connectivity index (χ0) is 11.4. The molecular formula is C11H16N4O. The fourth-order valence-corrected chi connectivity index (χ4v) is 1.94. The van der Waals surface area contributed by atoms with Crippen molar-refractivity contribution in [2.45, 2.75) is 19.8 Å². The molecule has 0 saturated carbocycles. The lowest BCUT2D eigenvalue weighted by atomic mass is 10.0. The van der Waals surface area contributed by atoms with Crippen molar-refractivity contribution in [3.8, 4) is 0 Å². The zero-order valence-corrected chi connectivity index (χ0v) is 9.39. The average molecular weight is 220 g/mol. The first-order valence-electron chi connectivity index (χ1n) is 5.56. The van der Waals surface area contributed by atoms with Gasteiger partial charge in [-0.3, -0.25) is 0 Å². The van der Waals surface area contributed by atoms with Crippen LogP contribution in [0.2, 0.25) is 0 Å². The van der Waals surface area contributed by atoms with Crippen molar-refractivity contribution < 1.29 is 4.79 Å². The maximum Gasteiger partial charge on any atom is 0.321 e. The van der Waals surface area contributed by atoms with Gasteiger partial charge in [0.05, 0.1) is 18.1 Å². The number of carbonyl (C=O) groups is 1. The van der Waals surface area contributed by atoms with E-state index >= 15 is 0 Å². The number of carbonyl (C=O) groups excluding carboxylic acids is 1. The van der Waals surface area contributed by atoms with Gasteiger partial charge in [-0.15, -0.1) is 0 Å². The lowest BCUT2D eigenvalue weighted by Crippen LogP contribution is -2.41. The second kappa shape index (κ2) is 4.92. The van der Waals surface area contributed by atoms with Crippen molar-refractivity contribution in [3.05, 3.63) is 18.7 Å². The first kappa shape index (κ1) is 10.9. The van der Waals surface area contributed by atoms with E-state index in [1.54, 1.807) is 12.4 Å². The topological polar surface area (TPSA) is 58.1 Å². The third-order valence-corrected chi connectivity index (χ3v) is 2.76. The van der Waals surface area contributed by atoms with Gasteiger partial charge in [0.2, 0.25) is 0 Å². The Morgan fingerprint density at radius 3 is 2.94 bits per heavy atom. The molecular weight excluding hydrogens is 204 g/mol. The Kier molecular flexibility index (Phi) is 3.34. The molecule has 1 aliphatic rings. The molecule has 2 heterocycles. The van der Waals surface area contributed by atoms with Crippen molar-refractivity contribution in [2.24, 2.45) is 5.92 Å². The number of hydrogen-bond acceptors (Lipinski definition) is 3. The van der Waals surface area contributed by atoms with Gasteiger partial charge in [0.25, 0.3) is 0 Å². The molecule has 1 atom stereocenters. The summed E-state index contributed by atoms with van der Waals surface area (Å²) >= 11 is 0.